The largest absolute Gasteiger partial charge is 0.340 e. The second-order valence-electron chi connectivity index (χ2n) is 7.93. The highest BCUT2D eigenvalue weighted by Crippen LogP contribution is 2.24. The van der Waals surface area contributed by atoms with Gasteiger partial charge in [-0.3, -0.25) is 4.79 Å². The second-order valence-corrected chi connectivity index (χ2v) is 7.93. The maximum absolute atomic E-state index is 13.1. The third-order valence-corrected chi connectivity index (χ3v) is 5.38. The summed E-state index contributed by atoms with van der Waals surface area (Å²) in [6.45, 7) is 5.46. The molecular weight excluding hydrogens is 379 g/mol. The van der Waals surface area contributed by atoms with Crippen molar-refractivity contribution in [2.45, 2.75) is 26.7 Å². The quantitative estimate of drug-likeness (QED) is 0.681. The highest BCUT2D eigenvalue weighted by molar-refractivity contribution is 5.93. The van der Waals surface area contributed by atoms with Crippen LogP contribution < -0.4 is 10.2 Å². The lowest BCUT2D eigenvalue weighted by molar-refractivity contribution is -0.120. The first-order valence-corrected chi connectivity index (χ1v) is 10.2. The van der Waals surface area contributed by atoms with E-state index in [1.807, 2.05) is 26.0 Å². The molecule has 1 fully saturated rings. The number of piperidine rings is 1. The van der Waals surface area contributed by atoms with Crippen molar-refractivity contribution in [1.82, 2.24) is 9.97 Å². The number of aromatic nitrogens is 2. The van der Waals surface area contributed by atoms with Crippen LogP contribution >= 0.6 is 0 Å². The zero-order valence-electron chi connectivity index (χ0n) is 17.2. The van der Waals surface area contributed by atoms with Crippen molar-refractivity contribution in [3.05, 3.63) is 71.8 Å². The summed E-state index contributed by atoms with van der Waals surface area (Å²) >= 11 is 0. The van der Waals surface area contributed by atoms with Gasteiger partial charge < -0.3 is 10.2 Å². The number of carbonyl (C=O) groups excluding carboxylic acids is 1. The lowest BCUT2D eigenvalue weighted by Gasteiger charge is -2.32. The Bertz CT molecular complexity index is 1010. The molecule has 0 aliphatic carbocycles. The number of nitrogens with one attached hydrogen (secondary N) is 1. The molecule has 0 radical (unpaired) electrons. The molecule has 30 heavy (non-hydrogen) atoms. The molecular formula is C24H25FN4O. The lowest BCUT2D eigenvalue weighted by atomic mass is 9.97. The molecule has 0 bridgehead atoms. The first kappa shape index (κ1) is 20.0. The van der Waals surface area contributed by atoms with Crippen molar-refractivity contribution in [3.63, 3.8) is 0 Å². The number of anilines is 2. The summed E-state index contributed by atoms with van der Waals surface area (Å²) in [6, 6.07) is 12.3. The predicted octanol–water partition coefficient (Wildman–Crippen LogP) is 4.75. The van der Waals surface area contributed by atoms with Crippen LogP contribution in [-0.2, 0) is 4.79 Å². The third kappa shape index (κ3) is 4.64. The zero-order valence-corrected chi connectivity index (χ0v) is 17.2. The topological polar surface area (TPSA) is 58.1 Å². The summed E-state index contributed by atoms with van der Waals surface area (Å²) in [5.41, 5.74) is 4.80. The zero-order chi connectivity index (χ0) is 21.1. The number of benzene rings is 2. The number of aryl methyl sites for hydroxylation is 2. The molecule has 1 amide bonds. The highest BCUT2D eigenvalue weighted by Gasteiger charge is 2.27. The summed E-state index contributed by atoms with van der Waals surface area (Å²) in [7, 11) is 0. The molecule has 1 aliphatic rings. The van der Waals surface area contributed by atoms with Gasteiger partial charge in [-0.15, -0.1) is 0 Å². The average Bonchev–Trinajstić information content (AvgIpc) is 2.74. The Hall–Kier alpha value is -3.28. The van der Waals surface area contributed by atoms with Crippen LogP contribution in [0, 0.1) is 25.6 Å². The van der Waals surface area contributed by atoms with Crippen molar-refractivity contribution < 1.29 is 9.18 Å². The molecule has 4 rings (SSSR count). The number of carbonyl (C=O) groups is 1. The van der Waals surface area contributed by atoms with E-state index in [1.54, 1.807) is 24.5 Å². The predicted molar refractivity (Wildman–Crippen MR) is 117 cm³/mol. The first-order chi connectivity index (χ1) is 14.5. The van der Waals surface area contributed by atoms with Gasteiger partial charge in [0.15, 0.2) is 0 Å². The fraction of sp³-hybridized carbons (Fsp3) is 0.292. The molecule has 0 spiro atoms. The van der Waals surface area contributed by atoms with Gasteiger partial charge in [-0.25, -0.2) is 14.4 Å². The molecule has 3 aromatic rings. The van der Waals surface area contributed by atoms with Gasteiger partial charge in [0.1, 0.15) is 5.82 Å². The Balaban J connectivity index is 1.43. The van der Waals surface area contributed by atoms with Crippen LogP contribution in [-0.4, -0.2) is 29.0 Å². The first-order valence-electron chi connectivity index (χ1n) is 10.2. The van der Waals surface area contributed by atoms with Gasteiger partial charge in [0.05, 0.1) is 5.92 Å². The number of halogens is 1. The van der Waals surface area contributed by atoms with E-state index in [4.69, 9.17) is 0 Å². The minimum absolute atomic E-state index is 0.0348. The second kappa shape index (κ2) is 8.61. The number of nitrogens with zero attached hydrogens (tertiary/aromatic N) is 3. The lowest BCUT2D eigenvalue weighted by Crippen LogP contribution is -2.41. The third-order valence-electron chi connectivity index (χ3n) is 5.38. The minimum Gasteiger partial charge on any atom is -0.340 e. The molecule has 0 saturated carbocycles. The van der Waals surface area contributed by atoms with E-state index in [-0.39, 0.29) is 17.6 Å². The van der Waals surface area contributed by atoms with Crippen LogP contribution in [0.4, 0.5) is 16.0 Å². The van der Waals surface area contributed by atoms with Crippen LogP contribution in [0.1, 0.15) is 24.0 Å². The average molecular weight is 404 g/mol. The molecule has 1 aromatic heterocycles. The van der Waals surface area contributed by atoms with E-state index in [1.165, 1.54) is 12.1 Å². The van der Waals surface area contributed by atoms with Crippen LogP contribution in [0.2, 0.25) is 0 Å². The van der Waals surface area contributed by atoms with Crippen LogP contribution in [0.5, 0.6) is 0 Å². The SMILES string of the molecule is Cc1cc(C)cc(NC(=O)[C@H]2CCCN(c3ncc(-c4ccc(F)cc4)cn3)C2)c1. The highest BCUT2D eigenvalue weighted by atomic mass is 19.1. The smallest absolute Gasteiger partial charge is 0.229 e. The number of amides is 1. The van der Waals surface area contributed by atoms with Crippen molar-refractivity contribution in [3.8, 4) is 11.1 Å². The van der Waals surface area contributed by atoms with Gasteiger partial charge in [0.25, 0.3) is 0 Å². The fourth-order valence-electron chi connectivity index (χ4n) is 3.94. The Morgan fingerprint density at radius 1 is 1.03 bits per heavy atom. The van der Waals surface area contributed by atoms with E-state index < -0.39 is 0 Å². The standard InChI is InChI=1S/C24H25FN4O/c1-16-10-17(2)12-22(11-16)28-23(30)19-4-3-9-29(15-19)24-26-13-20(14-27-24)18-5-7-21(25)8-6-18/h5-8,10-14,19H,3-4,9,15H2,1-2H3,(H,28,30)/t19-/m0/s1. The summed E-state index contributed by atoms with van der Waals surface area (Å²) in [4.78, 5) is 23.9. The number of hydrogen-bond acceptors (Lipinski definition) is 4. The summed E-state index contributed by atoms with van der Waals surface area (Å²) in [6.07, 6.45) is 5.25. The maximum atomic E-state index is 13.1. The van der Waals surface area contributed by atoms with Gasteiger partial charge in [-0.1, -0.05) is 18.2 Å². The van der Waals surface area contributed by atoms with Crippen molar-refractivity contribution >= 4 is 17.5 Å². The van der Waals surface area contributed by atoms with Crippen LogP contribution in [0.25, 0.3) is 11.1 Å². The fourth-order valence-corrected chi connectivity index (χ4v) is 3.94. The van der Waals surface area contributed by atoms with Crippen LogP contribution in [0.15, 0.2) is 54.9 Å². The Kier molecular flexibility index (Phi) is 5.74. The van der Waals surface area contributed by atoms with E-state index >= 15 is 0 Å². The van der Waals surface area contributed by atoms with Crippen LogP contribution in [0.3, 0.4) is 0 Å². The Morgan fingerprint density at radius 2 is 1.70 bits per heavy atom. The number of hydrogen-bond donors (Lipinski definition) is 1. The van der Waals surface area contributed by atoms with Crippen molar-refractivity contribution in [1.29, 1.82) is 0 Å². The van der Waals surface area contributed by atoms with Gasteiger partial charge >= 0.3 is 0 Å². The summed E-state index contributed by atoms with van der Waals surface area (Å²) in [5.74, 6) is 0.270. The Morgan fingerprint density at radius 3 is 2.37 bits per heavy atom. The molecule has 1 saturated heterocycles. The van der Waals surface area contributed by atoms with Crippen molar-refractivity contribution in [2.24, 2.45) is 5.92 Å². The summed E-state index contributed by atoms with van der Waals surface area (Å²) < 4.78 is 13.1. The molecule has 0 unspecified atom stereocenters. The summed E-state index contributed by atoms with van der Waals surface area (Å²) in [5, 5.41) is 3.06. The van der Waals surface area contributed by atoms with E-state index in [2.05, 4.69) is 26.3 Å². The van der Waals surface area contributed by atoms with Gasteiger partial charge in [0, 0.05) is 36.7 Å². The van der Waals surface area contributed by atoms with Crippen molar-refractivity contribution in [2.75, 3.05) is 23.3 Å². The molecule has 1 atom stereocenters. The van der Waals surface area contributed by atoms with E-state index in [0.717, 1.165) is 47.3 Å². The van der Waals surface area contributed by atoms with Gasteiger partial charge in [-0.2, -0.15) is 0 Å². The molecule has 5 nitrogen and oxygen atoms in total. The van der Waals surface area contributed by atoms with E-state index in [9.17, 15) is 9.18 Å². The molecule has 154 valence electrons. The normalized spacial score (nSPS) is 16.4. The van der Waals surface area contributed by atoms with Gasteiger partial charge in [0.2, 0.25) is 11.9 Å². The molecule has 2 aromatic carbocycles. The monoisotopic (exact) mass is 404 g/mol. The maximum Gasteiger partial charge on any atom is 0.229 e. The minimum atomic E-state index is -0.269. The number of rotatable bonds is 4. The molecule has 1 N–H and O–H groups in total. The van der Waals surface area contributed by atoms with E-state index in [0.29, 0.717) is 12.5 Å². The molecule has 6 heteroatoms. The Labute approximate surface area is 176 Å². The van der Waals surface area contributed by atoms with Gasteiger partial charge in [-0.05, 0) is 67.6 Å². The molecule has 1 aliphatic heterocycles. The molecule has 2 heterocycles.